The third-order valence-corrected chi connectivity index (χ3v) is 5.02. The molecule has 154 valence electrons. The molecule has 2 aromatic heterocycles. The van der Waals surface area contributed by atoms with Crippen LogP contribution < -0.4 is 10.6 Å². The fourth-order valence-corrected chi connectivity index (χ4v) is 3.45. The normalized spacial score (nSPS) is 16.1. The zero-order valence-corrected chi connectivity index (χ0v) is 16.3. The number of aromatic nitrogens is 3. The van der Waals surface area contributed by atoms with Crippen molar-refractivity contribution in [3.63, 3.8) is 0 Å². The van der Waals surface area contributed by atoms with Gasteiger partial charge in [0.1, 0.15) is 11.9 Å². The van der Waals surface area contributed by atoms with E-state index < -0.39 is 12.1 Å². The Hall–Kier alpha value is -3.75. The Balaban J connectivity index is 1.25. The summed E-state index contributed by atoms with van der Waals surface area (Å²) in [5.41, 5.74) is 1.79. The second-order valence-electron chi connectivity index (χ2n) is 7.08. The van der Waals surface area contributed by atoms with E-state index in [1.54, 1.807) is 0 Å². The molecule has 0 bridgehead atoms. The first-order valence-corrected chi connectivity index (χ1v) is 9.83. The van der Waals surface area contributed by atoms with Gasteiger partial charge in [-0.1, -0.05) is 36.4 Å². The Morgan fingerprint density at radius 2 is 1.83 bits per heavy atom. The minimum absolute atomic E-state index is 0.0903. The summed E-state index contributed by atoms with van der Waals surface area (Å²) in [5.74, 6) is 0.0742. The van der Waals surface area contributed by atoms with Gasteiger partial charge in [-0.15, -0.1) is 10.2 Å². The van der Waals surface area contributed by atoms with Crippen molar-refractivity contribution in [2.24, 2.45) is 0 Å². The highest BCUT2D eigenvalue weighted by Crippen LogP contribution is 2.11. The summed E-state index contributed by atoms with van der Waals surface area (Å²) in [7, 11) is 0. The highest BCUT2D eigenvalue weighted by Gasteiger charge is 2.38. The summed E-state index contributed by atoms with van der Waals surface area (Å²) < 4.78 is 1.86. The van der Waals surface area contributed by atoms with Gasteiger partial charge in [0.25, 0.3) is 5.91 Å². The fraction of sp³-hybridized carbons (Fsp3) is 0.286. The molecule has 2 N–H and O–H groups in total. The average molecular weight is 406 g/mol. The first kappa shape index (κ1) is 19.6. The van der Waals surface area contributed by atoms with Gasteiger partial charge in [-0.25, -0.2) is 4.79 Å². The maximum absolute atomic E-state index is 12.5. The molecule has 1 aromatic carbocycles. The number of rotatable bonds is 8. The number of amides is 4. The predicted molar refractivity (Wildman–Crippen MR) is 108 cm³/mol. The van der Waals surface area contributed by atoms with Crippen LogP contribution in [0.1, 0.15) is 17.8 Å². The van der Waals surface area contributed by atoms with Crippen molar-refractivity contribution in [1.29, 1.82) is 0 Å². The highest BCUT2D eigenvalue weighted by atomic mass is 16.2. The largest absolute Gasteiger partial charge is 0.356 e. The Morgan fingerprint density at radius 3 is 2.67 bits per heavy atom. The standard InChI is InChI=1S/C21H22N6O3/c28-19(22-11-9-18-25-24-17-8-4-5-12-26(17)18)14-16-20(29)27(21(30)23-16)13-10-15-6-2-1-3-7-15/h1-8,12,16H,9-11,13-14H2,(H,22,28)(H,23,30)/t16-/m1/s1. The molecular formula is C21H22N6O3. The third kappa shape index (κ3) is 4.29. The van der Waals surface area contributed by atoms with Gasteiger partial charge in [0.05, 0.1) is 6.42 Å². The third-order valence-electron chi connectivity index (χ3n) is 5.02. The van der Waals surface area contributed by atoms with Crippen molar-refractivity contribution in [3.05, 3.63) is 66.1 Å². The molecule has 0 unspecified atom stereocenters. The van der Waals surface area contributed by atoms with E-state index in [1.807, 2.05) is 59.1 Å². The van der Waals surface area contributed by atoms with Gasteiger partial charge in [-0.05, 0) is 24.1 Å². The number of urea groups is 1. The molecule has 3 aromatic rings. The fourth-order valence-electron chi connectivity index (χ4n) is 3.45. The monoisotopic (exact) mass is 406 g/mol. The van der Waals surface area contributed by atoms with E-state index in [0.29, 0.717) is 19.4 Å². The zero-order valence-electron chi connectivity index (χ0n) is 16.3. The van der Waals surface area contributed by atoms with Crippen LogP contribution >= 0.6 is 0 Å². The van der Waals surface area contributed by atoms with Crippen molar-refractivity contribution in [3.8, 4) is 0 Å². The lowest BCUT2D eigenvalue weighted by molar-refractivity contribution is -0.130. The Labute approximate surface area is 173 Å². The van der Waals surface area contributed by atoms with Gasteiger partial charge in [0.2, 0.25) is 5.91 Å². The van der Waals surface area contributed by atoms with Gasteiger partial charge < -0.3 is 10.6 Å². The summed E-state index contributed by atoms with van der Waals surface area (Å²) in [5, 5.41) is 13.6. The number of nitrogens with one attached hydrogen (secondary N) is 2. The molecule has 9 nitrogen and oxygen atoms in total. The molecule has 0 radical (unpaired) electrons. The van der Waals surface area contributed by atoms with Crippen molar-refractivity contribution in [1.82, 2.24) is 30.1 Å². The first-order valence-electron chi connectivity index (χ1n) is 9.83. The van der Waals surface area contributed by atoms with Crippen LogP contribution in [0.3, 0.4) is 0 Å². The van der Waals surface area contributed by atoms with Crippen LogP contribution in [0.25, 0.3) is 5.65 Å². The molecule has 9 heteroatoms. The van der Waals surface area contributed by atoms with Gasteiger partial charge in [-0.2, -0.15) is 0 Å². The molecule has 1 atom stereocenters. The Bertz CT molecular complexity index is 1060. The predicted octanol–water partition coefficient (Wildman–Crippen LogP) is 0.941. The number of carbonyl (C=O) groups is 3. The second-order valence-corrected chi connectivity index (χ2v) is 7.08. The van der Waals surface area contributed by atoms with Crippen LogP contribution in [0.5, 0.6) is 0 Å². The van der Waals surface area contributed by atoms with E-state index in [9.17, 15) is 14.4 Å². The number of hydrogen-bond acceptors (Lipinski definition) is 5. The SMILES string of the molecule is O=C(C[C@H]1NC(=O)N(CCc2ccccc2)C1=O)NCCc1nnc2ccccn12. The number of imide groups is 1. The minimum atomic E-state index is -0.831. The summed E-state index contributed by atoms with van der Waals surface area (Å²) in [6, 6.07) is 14.0. The molecule has 1 aliphatic heterocycles. The molecular weight excluding hydrogens is 384 g/mol. The lowest BCUT2D eigenvalue weighted by Gasteiger charge is -2.13. The number of benzene rings is 1. The molecule has 1 aliphatic rings. The molecule has 30 heavy (non-hydrogen) atoms. The Kier molecular flexibility index (Phi) is 5.69. The summed E-state index contributed by atoms with van der Waals surface area (Å²) >= 11 is 0. The maximum atomic E-state index is 12.5. The van der Waals surface area contributed by atoms with Gasteiger partial charge >= 0.3 is 6.03 Å². The van der Waals surface area contributed by atoms with Crippen LogP contribution in [-0.2, 0) is 22.4 Å². The van der Waals surface area contributed by atoms with Crippen LogP contribution in [-0.4, -0.2) is 56.5 Å². The van der Waals surface area contributed by atoms with E-state index in [1.165, 1.54) is 4.90 Å². The molecule has 4 rings (SSSR count). The van der Waals surface area contributed by atoms with Crippen LogP contribution in [0, 0.1) is 0 Å². The van der Waals surface area contributed by atoms with E-state index in [4.69, 9.17) is 0 Å². The number of hydrogen-bond donors (Lipinski definition) is 2. The molecule has 1 fully saturated rings. The van der Waals surface area contributed by atoms with Crippen molar-refractivity contribution < 1.29 is 14.4 Å². The molecule has 0 spiro atoms. The van der Waals surface area contributed by atoms with Crippen molar-refractivity contribution >= 4 is 23.5 Å². The lowest BCUT2D eigenvalue weighted by atomic mass is 10.1. The molecule has 1 saturated heterocycles. The van der Waals surface area contributed by atoms with E-state index in [-0.39, 0.29) is 24.8 Å². The quantitative estimate of drug-likeness (QED) is 0.541. The number of carbonyl (C=O) groups excluding carboxylic acids is 3. The highest BCUT2D eigenvalue weighted by molar-refractivity contribution is 6.05. The van der Waals surface area contributed by atoms with E-state index in [0.717, 1.165) is 17.0 Å². The number of fused-ring (bicyclic) bond motifs is 1. The molecule has 0 saturated carbocycles. The summed E-state index contributed by atoms with van der Waals surface area (Å²) in [4.78, 5) is 38.1. The Morgan fingerprint density at radius 1 is 1.03 bits per heavy atom. The number of pyridine rings is 1. The van der Waals surface area contributed by atoms with E-state index >= 15 is 0 Å². The average Bonchev–Trinajstić information content (AvgIpc) is 3.28. The zero-order chi connectivity index (χ0) is 20.9. The van der Waals surface area contributed by atoms with Gasteiger partial charge in [0.15, 0.2) is 5.65 Å². The molecule has 3 heterocycles. The van der Waals surface area contributed by atoms with Crippen molar-refractivity contribution in [2.45, 2.75) is 25.3 Å². The van der Waals surface area contributed by atoms with Crippen LogP contribution in [0.4, 0.5) is 4.79 Å². The lowest BCUT2D eigenvalue weighted by Crippen LogP contribution is -2.37. The van der Waals surface area contributed by atoms with Crippen molar-refractivity contribution in [2.75, 3.05) is 13.1 Å². The van der Waals surface area contributed by atoms with E-state index in [2.05, 4.69) is 20.8 Å². The molecule has 0 aliphatic carbocycles. The maximum Gasteiger partial charge on any atom is 0.324 e. The molecule has 4 amide bonds. The first-order chi connectivity index (χ1) is 14.6. The summed E-state index contributed by atoms with van der Waals surface area (Å²) in [6.45, 7) is 0.647. The van der Waals surface area contributed by atoms with Crippen LogP contribution in [0.2, 0.25) is 0 Å². The topological polar surface area (TPSA) is 109 Å². The van der Waals surface area contributed by atoms with Gasteiger partial charge in [0, 0.05) is 25.7 Å². The minimum Gasteiger partial charge on any atom is -0.356 e. The second kappa shape index (κ2) is 8.73. The van der Waals surface area contributed by atoms with Gasteiger partial charge in [-0.3, -0.25) is 18.9 Å². The number of nitrogens with zero attached hydrogens (tertiary/aromatic N) is 4. The summed E-state index contributed by atoms with van der Waals surface area (Å²) in [6.07, 6.45) is 2.85. The van der Waals surface area contributed by atoms with Crippen LogP contribution in [0.15, 0.2) is 54.7 Å². The smallest absolute Gasteiger partial charge is 0.324 e.